The summed E-state index contributed by atoms with van der Waals surface area (Å²) in [7, 11) is 2.15. The Bertz CT molecular complexity index is 2240. The Kier molecular flexibility index (Phi) is 19.5. The first-order chi connectivity index (χ1) is 32.4. The molecule has 378 valence electrons. The van der Waals surface area contributed by atoms with Gasteiger partial charge in [0.1, 0.15) is 48.8 Å². The lowest BCUT2D eigenvalue weighted by Crippen LogP contribution is -2.68. The molecule has 4 aliphatic rings. The summed E-state index contributed by atoms with van der Waals surface area (Å²) in [4.78, 5) is 56.1. The standard InChI is InChI=1S/C45H55N5O17.2CH4/c1-58-40(54)44(62-18-10-4-9-17-47-50-46)20-31-35(49-43(57)63-31)39(66-44)37(53)33(25-61-23-27-15-16-28-13-7-8-14-29(28)19-27)65-45(41(55)59-2)21-32-34(48-42(56)64-32)38(67-45)36(52)30(51)24-60-22-26-11-5-3-6-12-26;;/h3,5-8,11-16,19,30-39,51-53H,4,9-10,17-18,20-25H2,1-2H3,(H,48,56)(H,49,57);2*1H4/t30-,31+,32+,33-,34-,35-,36-,37-,38-,39-,44-,45-;;/m1../s1. The summed E-state index contributed by atoms with van der Waals surface area (Å²) in [5.41, 5.74) is 10.1. The number of nitrogens with one attached hydrogen (secondary N) is 2. The van der Waals surface area contributed by atoms with Gasteiger partial charge in [-0.25, -0.2) is 19.2 Å². The molecule has 7 rings (SSSR count). The molecule has 4 saturated heterocycles. The molecule has 0 radical (unpaired) electrons. The van der Waals surface area contributed by atoms with Gasteiger partial charge in [-0.2, -0.15) is 0 Å². The first-order valence-corrected chi connectivity index (χ1v) is 21.9. The minimum atomic E-state index is -2.59. The molecule has 4 heterocycles. The van der Waals surface area contributed by atoms with Crippen LogP contribution in [0.25, 0.3) is 21.2 Å². The third kappa shape index (κ3) is 12.8. The number of fused-ring (bicyclic) bond motifs is 3. The van der Waals surface area contributed by atoms with Gasteiger partial charge in [0.25, 0.3) is 11.6 Å². The number of esters is 2. The molecular weight excluding hydrogens is 907 g/mol. The van der Waals surface area contributed by atoms with Crippen molar-refractivity contribution in [1.82, 2.24) is 10.6 Å². The number of amides is 2. The quantitative estimate of drug-likeness (QED) is 0.0223. The van der Waals surface area contributed by atoms with E-state index in [2.05, 4.69) is 20.7 Å². The Morgan fingerprint density at radius 3 is 2.00 bits per heavy atom. The van der Waals surface area contributed by atoms with Gasteiger partial charge in [0, 0.05) is 11.5 Å². The van der Waals surface area contributed by atoms with Crippen LogP contribution in [0.15, 0.2) is 77.9 Å². The van der Waals surface area contributed by atoms with E-state index in [0.717, 1.165) is 36.1 Å². The van der Waals surface area contributed by atoms with Crippen molar-refractivity contribution in [3.63, 3.8) is 0 Å². The third-order valence-electron chi connectivity index (χ3n) is 12.0. The Morgan fingerprint density at radius 2 is 1.33 bits per heavy atom. The van der Waals surface area contributed by atoms with Crippen molar-refractivity contribution in [1.29, 1.82) is 0 Å². The van der Waals surface area contributed by atoms with E-state index >= 15 is 0 Å². The lowest BCUT2D eigenvalue weighted by Gasteiger charge is -2.48. The number of ether oxygens (including phenoxy) is 10. The van der Waals surface area contributed by atoms with E-state index < -0.39 is 116 Å². The van der Waals surface area contributed by atoms with Crippen molar-refractivity contribution >= 4 is 34.9 Å². The first-order valence-electron chi connectivity index (χ1n) is 21.9. The van der Waals surface area contributed by atoms with Gasteiger partial charge in [0.2, 0.25) is 0 Å². The van der Waals surface area contributed by atoms with Crippen LogP contribution in [-0.4, -0.2) is 153 Å². The van der Waals surface area contributed by atoms with Gasteiger partial charge in [-0.3, -0.25) is 0 Å². The van der Waals surface area contributed by atoms with E-state index in [1.165, 1.54) is 0 Å². The summed E-state index contributed by atoms with van der Waals surface area (Å²) in [6, 6.07) is 20.2. The van der Waals surface area contributed by atoms with Crippen LogP contribution >= 0.6 is 0 Å². The first kappa shape index (κ1) is 54.3. The van der Waals surface area contributed by atoms with Crippen molar-refractivity contribution in [2.75, 3.05) is 40.6 Å². The van der Waals surface area contributed by atoms with Crippen LogP contribution in [-0.2, 0) is 70.2 Å². The van der Waals surface area contributed by atoms with Gasteiger partial charge < -0.3 is 73.3 Å². The maximum atomic E-state index is 14.1. The molecule has 0 aliphatic carbocycles. The van der Waals surface area contributed by atoms with Crippen LogP contribution in [0.1, 0.15) is 58.1 Å². The number of benzene rings is 3. The van der Waals surface area contributed by atoms with Crippen LogP contribution in [0, 0.1) is 0 Å². The van der Waals surface area contributed by atoms with Crippen LogP contribution in [0.4, 0.5) is 9.59 Å². The van der Waals surface area contributed by atoms with Crippen molar-refractivity contribution < 1.29 is 81.9 Å². The Hall–Kier alpha value is -5.65. The lowest BCUT2D eigenvalue weighted by atomic mass is 9.88. The minimum Gasteiger partial charge on any atom is -0.465 e. The van der Waals surface area contributed by atoms with Crippen LogP contribution in [0.2, 0.25) is 0 Å². The molecular formula is C47H63N5O17. The Labute approximate surface area is 399 Å². The van der Waals surface area contributed by atoms with Crippen LogP contribution in [0.5, 0.6) is 0 Å². The molecule has 3 aromatic carbocycles. The second-order valence-electron chi connectivity index (χ2n) is 16.6. The van der Waals surface area contributed by atoms with E-state index in [9.17, 15) is 34.5 Å². The van der Waals surface area contributed by atoms with Crippen molar-refractivity contribution in [3.05, 3.63) is 94.4 Å². The molecule has 0 aromatic heterocycles. The second kappa shape index (κ2) is 24.8. The van der Waals surface area contributed by atoms with Gasteiger partial charge in [-0.15, -0.1) is 0 Å². The average molecular weight is 970 g/mol. The average Bonchev–Trinajstić information content (AvgIpc) is 3.91. The maximum absolute atomic E-state index is 14.1. The fourth-order valence-corrected chi connectivity index (χ4v) is 8.71. The smallest absolute Gasteiger partial charge is 0.407 e. The Morgan fingerprint density at radius 1 is 0.754 bits per heavy atom. The zero-order chi connectivity index (χ0) is 47.6. The Balaban J connectivity index is 0.00000444. The van der Waals surface area contributed by atoms with Crippen molar-refractivity contribution in [3.8, 4) is 0 Å². The lowest BCUT2D eigenvalue weighted by molar-refractivity contribution is -0.343. The highest BCUT2D eigenvalue weighted by molar-refractivity contribution is 5.83. The number of methoxy groups -OCH3 is 2. The highest BCUT2D eigenvalue weighted by Gasteiger charge is 2.63. The molecule has 2 amide bonds. The fourth-order valence-electron chi connectivity index (χ4n) is 8.71. The summed E-state index contributed by atoms with van der Waals surface area (Å²) in [6.45, 7) is -0.683. The number of carbonyl (C=O) groups is 4. The summed E-state index contributed by atoms with van der Waals surface area (Å²) in [5.74, 6) is -7.01. The molecule has 4 fully saturated rings. The van der Waals surface area contributed by atoms with Crippen molar-refractivity contribution in [2.24, 2.45) is 5.11 Å². The number of unbranched alkanes of at least 4 members (excludes halogenated alkanes) is 2. The topological polar surface area (TPSA) is 294 Å². The predicted molar refractivity (Wildman–Crippen MR) is 243 cm³/mol. The zero-order valence-electron chi connectivity index (χ0n) is 36.9. The number of carbonyl (C=O) groups excluding carboxylic acids is 4. The number of alkyl carbamates (subject to hydrolysis) is 2. The maximum Gasteiger partial charge on any atom is 0.407 e. The molecule has 4 aliphatic heterocycles. The number of aliphatic hydroxyl groups excluding tert-OH is 3. The molecule has 5 N–H and O–H groups in total. The van der Waals surface area contributed by atoms with E-state index in [4.69, 9.17) is 52.9 Å². The predicted octanol–water partition coefficient (Wildman–Crippen LogP) is 4.08. The van der Waals surface area contributed by atoms with Crippen molar-refractivity contribution in [2.45, 2.75) is 133 Å². The number of azide groups is 1. The SMILES string of the molecule is C.C.COC(=O)[C@@]1(O[C@H](COCc2ccc3ccccc3c2)[C@@H](O)[C@@H]2O[C@@](OCCCCCN=[N+]=[N-])(C(=O)OC)C[C@@H]3OC(=O)N[C@@H]23)C[C@@H]2OC(=O)N[C@H]2[C@H]([C@H](O)[C@H](O)COCc2ccccc2)O1. The van der Waals surface area contributed by atoms with Crippen LogP contribution in [0.3, 0.4) is 0 Å². The monoisotopic (exact) mass is 969 g/mol. The molecule has 0 saturated carbocycles. The molecule has 0 spiro atoms. The number of aliphatic hydroxyl groups is 3. The second-order valence-corrected chi connectivity index (χ2v) is 16.6. The summed E-state index contributed by atoms with van der Waals surface area (Å²) >= 11 is 0. The highest BCUT2D eigenvalue weighted by atomic mass is 16.8. The molecule has 0 unspecified atom stereocenters. The van der Waals surface area contributed by atoms with E-state index in [1.54, 1.807) is 0 Å². The third-order valence-corrected chi connectivity index (χ3v) is 12.0. The largest absolute Gasteiger partial charge is 0.465 e. The summed E-state index contributed by atoms with van der Waals surface area (Å²) in [5, 5.41) is 46.1. The van der Waals surface area contributed by atoms with Gasteiger partial charge in [-0.05, 0) is 46.3 Å². The number of hydrogen-bond donors (Lipinski definition) is 5. The summed E-state index contributed by atoms with van der Waals surface area (Å²) in [6.07, 6.45) is -13.9. The number of rotatable bonds is 23. The number of hydrogen-bond acceptors (Lipinski definition) is 18. The summed E-state index contributed by atoms with van der Waals surface area (Å²) < 4.78 is 58.6. The van der Waals surface area contributed by atoms with Crippen LogP contribution < -0.4 is 10.6 Å². The molecule has 22 nitrogen and oxygen atoms in total. The van der Waals surface area contributed by atoms with Gasteiger partial charge in [-0.1, -0.05) is 93.1 Å². The van der Waals surface area contributed by atoms with E-state index in [1.807, 2.05) is 72.8 Å². The minimum absolute atomic E-state index is 0. The van der Waals surface area contributed by atoms with Gasteiger partial charge >= 0.3 is 24.1 Å². The van der Waals surface area contributed by atoms with E-state index in [0.29, 0.717) is 19.3 Å². The number of nitrogens with zero attached hydrogens (tertiary/aromatic N) is 3. The molecule has 0 bridgehead atoms. The normalized spacial score (nSPS) is 27.4. The molecule has 3 aromatic rings. The zero-order valence-corrected chi connectivity index (χ0v) is 36.9. The fraction of sp³-hybridized carbons (Fsp3) is 0.574. The molecule has 22 heteroatoms. The highest BCUT2D eigenvalue weighted by Crippen LogP contribution is 2.42. The van der Waals surface area contributed by atoms with Gasteiger partial charge in [0.05, 0.1) is 72.2 Å². The molecule has 12 atom stereocenters. The molecule has 69 heavy (non-hydrogen) atoms. The van der Waals surface area contributed by atoms with Gasteiger partial charge in [0.15, 0.2) is 0 Å². The van der Waals surface area contributed by atoms with E-state index in [-0.39, 0.29) is 47.6 Å².